The number of nitrogens with zero attached hydrogens (tertiary/aromatic N) is 3. The Labute approximate surface area is 205 Å². The molecule has 3 aromatic rings. The van der Waals surface area contributed by atoms with Crippen LogP contribution in [0.4, 0.5) is 5.69 Å². The van der Waals surface area contributed by atoms with Crippen molar-refractivity contribution < 1.29 is 14.3 Å². The van der Waals surface area contributed by atoms with Crippen molar-refractivity contribution in [1.82, 2.24) is 5.43 Å². The molecule has 0 bridgehead atoms. The Morgan fingerprint density at radius 3 is 2.57 bits per heavy atom. The van der Waals surface area contributed by atoms with E-state index in [0.717, 1.165) is 29.9 Å². The fraction of sp³-hybridized carbons (Fsp3) is 0.250. The second-order valence-corrected chi connectivity index (χ2v) is 8.14. The number of amides is 1. The Hall–Kier alpha value is -4.31. The van der Waals surface area contributed by atoms with Gasteiger partial charge < -0.3 is 14.4 Å². The monoisotopic (exact) mass is 468 g/mol. The molecule has 0 radical (unpaired) electrons. The van der Waals surface area contributed by atoms with E-state index >= 15 is 0 Å². The first-order chi connectivity index (χ1) is 17.2. The topological polar surface area (TPSA) is 86.9 Å². The highest BCUT2D eigenvalue weighted by molar-refractivity contribution is 5.95. The van der Waals surface area contributed by atoms with Crippen molar-refractivity contribution in [2.24, 2.45) is 5.10 Å². The van der Waals surface area contributed by atoms with Crippen molar-refractivity contribution in [2.75, 3.05) is 24.6 Å². The van der Waals surface area contributed by atoms with Gasteiger partial charge in [0, 0.05) is 29.9 Å². The summed E-state index contributed by atoms with van der Waals surface area (Å²) in [7, 11) is 0. The number of hydrogen-bond acceptors (Lipinski definition) is 6. The number of benzene rings is 3. The summed E-state index contributed by atoms with van der Waals surface area (Å²) < 4.78 is 11.7. The van der Waals surface area contributed by atoms with Crippen LogP contribution in [0.5, 0.6) is 11.5 Å². The molecule has 1 heterocycles. The third kappa shape index (κ3) is 6.18. The molecule has 1 saturated heterocycles. The molecule has 0 unspecified atom stereocenters. The largest absolute Gasteiger partial charge is 0.490 e. The number of nitrogens with one attached hydrogen (secondary N) is 1. The molecule has 7 heteroatoms. The highest BCUT2D eigenvalue weighted by atomic mass is 16.5. The molecule has 1 aliphatic rings. The van der Waals surface area contributed by atoms with Crippen LogP contribution >= 0.6 is 0 Å². The molecule has 0 aliphatic carbocycles. The average Bonchev–Trinajstić information content (AvgIpc) is 3.44. The molecule has 178 valence electrons. The lowest BCUT2D eigenvalue weighted by molar-refractivity contribution is 0.0955. The molecular weight excluding hydrogens is 440 g/mol. The first-order valence-corrected chi connectivity index (χ1v) is 11.7. The molecular formula is C28H28N4O3. The Morgan fingerprint density at radius 2 is 1.83 bits per heavy atom. The van der Waals surface area contributed by atoms with Gasteiger partial charge in [0.2, 0.25) is 0 Å². The van der Waals surface area contributed by atoms with Gasteiger partial charge in [0.15, 0.2) is 11.5 Å². The molecule has 1 aliphatic heterocycles. The van der Waals surface area contributed by atoms with Crippen LogP contribution in [0.3, 0.4) is 0 Å². The van der Waals surface area contributed by atoms with Crippen LogP contribution in [0.25, 0.3) is 0 Å². The second kappa shape index (κ2) is 11.7. The van der Waals surface area contributed by atoms with Crippen LogP contribution in [0.1, 0.15) is 46.8 Å². The van der Waals surface area contributed by atoms with Gasteiger partial charge in [0.05, 0.1) is 24.5 Å². The van der Waals surface area contributed by atoms with Crippen LogP contribution in [-0.2, 0) is 6.61 Å². The normalized spacial score (nSPS) is 13.0. The molecule has 4 rings (SSSR count). The van der Waals surface area contributed by atoms with E-state index in [1.54, 1.807) is 24.4 Å². The van der Waals surface area contributed by atoms with Crippen LogP contribution in [-0.4, -0.2) is 31.8 Å². The summed E-state index contributed by atoms with van der Waals surface area (Å²) in [4.78, 5) is 14.8. The maximum atomic E-state index is 12.5. The van der Waals surface area contributed by atoms with Crippen molar-refractivity contribution in [1.29, 1.82) is 5.26 Å². The molecule has 0 aromatic heterocycles. The summed E-state index contributed by atoms with van der Waals surface area (Å²) in [5, 5.41) is 13.4. The van der Waals surface area contributed by atoms with E-state index in [9.17, 15) is 10.1 Å². The van der Waals surface area contributed by atoms with E-state index in [2.05, 4.69) is 21.5 Å². The first kappa shape index (κ1) is 23.8. The highest BCUT2D eigenvalue weighted by Crippen LogP contribution is 2.29. The number of ether oxygens (including phenoxy) is 2. The summed E-state index contributed by atoms with van der Waals surface area (Å²) in [5.74, 6) is 0.865. The van der Waals surface area contributed by atoms with E-state index in [4.69, 9.17) is 9.47 Å². The predicted molar refractivity (Wildman–Crippen MR) is 136 cm³/mol. The zero-order valence-electron chi connectivity index (χ0n) is 19.7. The Balaban J connectivity index is 1.37. The number of carbonyl (C=O) groups excluding carboxylic acids is 1. The Morgan fingerprint density at radius 1 is 1.06 bits per heavy atom. The second-order valence-electron chi connectivity index (χ2n) is 8.14. The molecule has 1 amide bonds. The van der Waals surface area contributed by atoms with Crippen LogP contribution in [0.15, 0.2) is 71.8 Å². The summed E-state index contributed by atoms with van der Waals surface area (Å²) in [6.07, 6.45) is 3.99. The van der Waals surface area contributed by atoms with Gasteiger partial charge in [-0.1, -0.05) is 18.2 Å². The van der Waals surface area contributed by atoms with Crippen molar-refractivity contribution in [3.05, 3.63) is 89.0 Å². The van der Waals surface area contributed by atoms with Gasteiger partial charge in [-0.2, -0.15) is 10.4 Å². The quantitative estimate of drug-likeness (QED) is 0.357. The van der Waals surface area contributed by atoms with Gasteiger partial charge >= 0.3 is 0 Å². The van der Waals surface area contributed by atoms with Crippen LogP contribution < -0.4 is 19.8 Å². The standard InChI is InChI=1S/C28H28N4O3/c1-2-34-27-17-21(9-14-26(27)35-20-24-8-4-3-7-23(24)18-29)19-30-31-28(33)22-10-12-25(13-11-22)32-15-5-6-16-32/h3-4,7-14,17,19H,2,5-6,15-16,20H2,1H3,(H,31,33)/b30-19-. The van der Waals surface area contributed by atoms with E-state index in [1.807, 2.05) is 55.5 Å². The van der Waals surface area contributed by atoms with Crippen molar-refractivity contribution in [3.63, 3.8) is 0 Å². The number of anilines is 1. The summed E-state index contributed by atoms with van der Waals surface area (Å²) in [6, 6.07) is 22.5. The molecule has 0 saturated carbocycles. The number of nitriles is 1. The highest BCUT2D eigenvalue weighted by Gasteiger charge is 2.13. The van der Waals surface area contributed by atoms with E-state index in [0.29, 0.717) is 29.2 Å². The van der Waals surface area contributed by atoms with Crippen LogP contribution in [0.2, 0.25) is 0 Å². The fourth-order valence-electron chi connectivity index (χ4n) is 3.93. The molecule has 1 fully saturated rings. The van der Waals surface area contributed by atoms with Crippen molar-refractivity contribution in [2.45, 2.75) is 26.4 Å². The molecule has 0 atom stereocenters. The summed E-state index contributed by atoms with van der Waals surface area (Å²) in [6.45, 7) is 4.75. The predicted octanol–water partition coefficient (Wildman–Crippen LogP) is 4.90. The molecule has 1 N–H and O–H groups in total. The lowest BCUT2D eigenvalue weighted by atomic mass is 10.1. The van der Waals surface area contributed by atoms with Gasteiger partial charge in [-0.3, -0.25) is 4.79 Å². The Bertz CT molecular complexity index is 1230. The first-order valence-electron chi connectivity index (χ1n) is 11.7. The molecule has 35 heavy (non-hydrogen) atoms. The third-order valence-electron chi connectivity index (χ3n) is 5.77. The fourth-order valence-corrected chi connectivity index (χ4v) is 3.93. The molecule has 7 nitrogen and oxygen atoms in total. The SMILES string of the molecule is CCOc1cc(/C=N\NC(=O)c2ccc(N3CCCC3)cc2)ccc1OCc1ccccc1C#N. The number of hydrazone groups is 1. The van der Waals surface area contributed by atoms with E-state index in [-0.39, 0.29) is 12.5 Å². The molecule has 3 aromatic carbocycles. The van der Waals surface area contributed by atoms with Gasteiger partial charge in [-0.05, 0) is 73.9 Å². The maximum absolute atomic E-state index is 12.5. The zero-order valence-corrected chi connectivity index (χ0v) is 19.7. The van der Waals surface area contributed by atoms with Gasteiger partial charge in [0.1, 0.15) is 6.61 Å². The third-order valence-corrected chi connectivity index (χ3v) is 5.77. The minimum Gasteiger partial charge on any atom is -0.490 e. The number of carbonyl (C=O) groups is 1. The van der Waals surface area contributed by atoms with E-state index in [1.165, 1.54) is 12.8 Å². The lowest BCUT2D eigenvalue weighted by Gasteiger charge is -2.17. The molecule has 0 spiro atoms. The lowest BCUT2D eigenvalue weighted by Crippen LogP contribution is -2.19. The summed E-state index contributed by atoms with van der Waals surface area (Å²) >= 11 is 0. The van der Waals surface area contributed by atoms with Gasteiger partial charge in [0.25, 0.3) is 5.91 Å². The average molecular weight is 469 g/mol. The zero-order chi connectivity index (χ0) is 24.5. The Kier molecular flexibility index (Phi) is 7.97. The van der Waals surface area contributed by atoms with Gasteiger partial charge in [-0.25, -0.2) is 5.43 Å². The number of rotatable bonds is 9. The van der Waals surface area contributed by atoms with Gasteiger partial charge in [-0.15, -0.1) is 0 Å². The summed E-state index contributed by atoms with van der Waals surface area (Å²) in [5.41, 5.74) is 6.41. The number of hydrogen-bond donors (Lipinski definition) is 1. The maximum Gasteiger partial charge on any atom is 0.271 e. The van der Waals surface area contributed by atoms with Crippen LogP contribution in [0, 0.1) is 11.3 Å². The van der Waals surface area contributed by atoms with Crippen molar-refractivity contribution in [3.8, 4) is 17.6 Å². The van der Waals surface area contributed by atoms with Crippen molar-refractivity contribution >= 4 is 17.8 Å². The van der Waals surface area contributed by atoms with E-state index < -0.39 is 0 Å². The minimum atomic E-state index is -0.268. The minimum absolute atomic E-state index is 0.254. The smallest absolute Gasteiger partial charge is 0.271 e.